The van der Waals surface area contributed by atoms with E-state index in [0.717, 1.165) is 12.5 Å². The first-order valence-electron chi connectivity index (χ1n) is 5.92. The monoisotopic (exact) mass is 236 g/mol. The van der Waals surface area contributed by atoms with Crippen molar-refractivity contribution in [2.45, 2.75) is 19.8 Å². The van der Waals surface area contributed by atoms with E-state index in [4.69, 9.17) is 0 Å². The summed E-state index contributed by atoms with van der Waals surface area (Å²) in [6, 6.07) is 4.68. The van der Waals surface area contributed by atoms with E-state index < -0.39 is 0 Å². The number of halogens is 1. The average molecular weight is 236 g/mol. The molecule has 0 unspecified atom stereocenters. The molecule has 17 heavy (non-hydrogen) atoms. The molecule has 1 saturated carbocycles. The molecule has 0 radical (unpaired) electrons. The first-order valence-corrected chi connectivity index (χ1v) is 5.92. The zero-order valence-electron chi connectivity index (χ0n) is 9.92. The standard InChI is InChI=1S/C13H17FN2O/c1-9-11(14)3-2-4-12(9)16-13(17)8-15-7-10-5-6-10/h2-4,10,15H,5-8H2,1H3,(H,16,17). The van der Waals surface area contributed by atoms with Crippen LogP contribution in [0.15, 0.2) is 18.2 Å². The lowest BCUT2D eigenvalue weighted by atomic mass is 10.2. The van der Waals surface area contributed by atoms with Crippen LogP contribution in [0.25, 0.3) is 0 Å². The van der Waals surface area contributed by atoms with Crippen molar-refractivity contribution in [3.8, 4) is 0 Å². The summed E-state index contributed by atoms with van der Waals surface area (Å²) < 4.78 is 13.2. The van der Waals surface area contributed by atoms with Crippen LogP contribution >= 0.6 is 0 Å². The van der Waals surface area contributed by atoms with Gasteiger partial charge in [0.2, 0.25) is 5.91 Å². The van der Waals surface area contributed by atoms with Crippen molar-refractivity contribution in [3.05, 3.63) is 29.6 Å². The number of hydrogen-bond donors (Lipinski definition) is 2. The van der Waals surface area contributed by atoms with Crippen molar-refractivity contribution in [1.82, 2.24) is 5.32 Å². The van der Waals surface area contributed by atoms with Crippen LogP contribution in [0.3, 0.4) is 0 Å². The minimum Gasteiger partial charge on any atom is -0.325 e. The van der Waals surface area contributed by atoms with E-state index in [9.17, 15) is 9.18 Å². The summed E-state index contributed by atoms with van der Waals surface area (Å²) in [5.74, 6) is 0.326. The van der Waals surface area contributed by atoms with Crippen molar-refractivity contribution in [3.63, 3.8) is 0 Å². The normalized spacial score (nSPS) is 14.7. The average Bonchev–Trinajstić information content (AvgIpc) is 3.09. The molecule has 0 heterocycles. The van der Waals surface area contributed by atoms with Gasteiger partial charge in [0.1, 0.15) is 5.82 Å². The first kappa shape index (κ1) is 12.0. The van der Waals surface area contributed by atoms with Gasteiger partial charge in [-0.25, -0.2) is 4.39 Å². The Kier molecular flexibility index (Phi) is 3.74. The second-order valence-corrected chi connectivity index (χ2v) is 4.53. The van der Waals surface area contributed by atoms with Gasteiger partial charge < -0.3 is 10.6 Å². The molecule has 1 fully saturated rings. The third-order valence-corrected chi connectivity index (χ3v) is 2.96. The Labute approximate surface area is 100 Å². The molecule has 1 aromatic rings. The number of anilines is 1. The molecule has 1 amide bonds. The molecule has 1 aliphatic carbocycles. The van der Waals surface area contributed by atoms with Crippen molar-refractivity contribution in [2.75, 3.05) is 18.4 Å². The van der Waals surface area contributed by atoms with Gasteiger partial charge in [0, 0.05) is 11.3 Å². The van der Waals surface area contributed by atoms with Crippen LogP contribution in [0.1, 0.15) is 18.4 Å². The molecule has 4 heteroatoms. The summed E-state index contributed by atoms with van der Waals surface area (Å²) in [4.78, 5) is 11.6. The summed E-state index contributed by atoms with van der Waals surface area (Å²) in [5.41, 5.74) is 1.02. The molecule has 2 rings (SSSR count). The highest BCUT2D eigenvalue weighted by atomic mass is 19.1. The Bertz CT molecular complexity index is 416. The van der Waals surface area contributed by atoms with Gasteiger partial charge in [0.15, 0.2) is 0 Å². The van der Waals surface area contributed by atoms with Crippen LogP contribution in [-0.4, -0.2) is 19.0 Å². The van der Waals surface area contributed by atoms with Gasteiger partial charge in [-0.3, -0.25) is 4.79 Å². The fourth-order valence-electron chi connectivity index (χ4n) is 1.65. The predicted molar refractivity (Wildman–Crippen MR) is 65.4 cm³/mol. The highest BCUT2D eigenvalue weighted by molar-refractivity contribution is 5.92. The van der Waals surface area contributed by atoms with E-state index in [-0.39, 0.29) is 18.3 Å². The van der Waals surface area contributed by atoms with Gasteiger partial charge in [-0.2, -0.15) is 0 Å². The minimum absolute atomic E-state index is 0.126. The van der Waals surface area contributed by atoms with Gasteiger partial charge in [-0.05, 0) is 44.4 Å². The Hall–Kier alpha value is -1.42. The molecule has 0 atom stereocenters. The Balaban J connectivity index is 1.82. The molecular formula is C13H17FN2O. The van der Waals surface area contributed by atoms with E-state index >= 15 is 0 Å². The fourth-order valence-corrected chi connectivity index (χ4v) is 1.65. The second-order valence-electron chi connectivity index (χ2n) is 4.53. The molecule has 0 spiro atoms. The number of carbonyl (C=O) groups excluding carboxylic acids is 1. The molecule has 1 aromatic carbocycles. The molecule has 2 N–H and O–H groups in total. The lowest BCUT2D eigenvalue weighted by molar-refractivity contribution is -0.115. The zero-order valence-corrected chi connectivity index (χ0v) is 9.92. The van der Waals surface area contributed by atoms with Crippen molar-refractivity contribution in [2.24, 2.45) is 5.92 Å². The number of nitrogens with one attached hydrogen (secondary N) is 2. The SMILES string of the molecule is Cc1c(F)cccc1NC(=O)CNCC1CC1. The Morgan fingerprint density at radius 2 is 2.24 bits per heavy atom. The number of carbonyl (C=O) groups is 1. The van der Waals surface area contributed by atoms with E-state index in [2.05, 4.69) is 10.6 Å². The molecule has 92 valence electrons. The first-order chi connectivity index (χ1) is 8.16. The van der Waals surface area contributed by atoms with E-state index in [0.29, 0.717) is 11.3 Å². The summed E-state index contributed by atoms with van der Waals surface area (Å²) >= 11 is 0. The molecular weight excluding hydrogens is 219 g/mol. The maximum absolute atomic E-state index is 13.2. The van der Waals surface area contributed by atoms with E-state index in [1.54, 1.807) is 19.1 Å². The van der Waals surface area contributed by atoms with Crippen LogP contribution in [0.4, 0.5) is 10.1 Å². The summed E-state index contributed by atoms with van der Waals surface area (Å²) in [6.07, 6.45) is 2.52. The quantitative estimate of drug-likeness (QED) is 0.821. The lowest BCUT2D eigenvalue weighted by Crippen LogP contribution is -2.29. The second kappa shape index (κ2) is 5.27. The topological polar surface area (TPSA) is 41.1 Å². The molecule has 3 nitrogen and oxygen atoms in total. The van der Waals surface area contributed by atoms with Crippen LogP contribution in [-0.2, 0) is 4.79 Å². The molecule has 0 saturated heterocycles. The molecule has 1 aliphatic rings. The third-order valence-electron chi connectivity index (χ3n) is 2.96. The van der Waals surface area contributed by atoms with Crippen molar-refractivity contribution in [1.29, 1.82) is 0 Å². The molecule has 0 aliphatic heterocycles. The predicted octanol–water partition coefficient (Wildman–Crippen LogP) is 2.07. The number of benzene rings is 1. The minimum atomic E-state index is -0.297. The smallest absolute Gasteiger partial charge is 0.238 e. The number of amides is 1. The van der Waals surface area contributed by atoms with Crippen LogP contribution in [0, 0.1) is 18.7 Å². The van der Waals surface area contributed by atoms with Gasteiger partial charge >= 0.3 is 0 Å². The van der Waals surface area contributed by atoms with Crippen molar-refractivity contribution < 1.29 is 9.18 Å². The number of rotatable bonds is 5. The van der Waals surface area contributed by atoms with Crippen LogP contribution in [0.5, 0.6) is 0 Å². The largest absolute Gasteiger partial charge is 0.325 e. The fraction of sp³-hybridized carbons (Fsp3) is 0.462. The maximum Gasteiger partial charge on any atom is 0.238 e. The summed E-state index contributed by atoms with van der Waals surface area (Å²) in [6.45, 7) is 2.84. The van der Waals surface area contributed by atoms with Crippen LogP contribution < -0.4 is 10.6 Å². The summed E-state index contributed by atoms with van der Waals surface area (Å²) in [5, 5.41) is 5.80. The summed E-state index contributed by atoms with van der Waals surface area (Å²) in [7, 11) is 0. The zero-order chi connectivity index (χ0) is 12.3. The lowest BCUT2D eigenvalue weighted by Gasteiger charge is -2.09. The third kappa shape index (κ3) is 3.53. The van der Waals surface area contributed by atoms with E-state index in [1.807, 2.05) is 0 Å². The van der Waals surface area contributed by atoms with Crippen LogP contribution in [0.2, 0.25) is 0 Å². The van der Waals surface area contributed by atoms with Gasteiger partial charge in [-0.15, -0.1) is 0 Å². The van der Waals surface area contributed by atoms with Gasteiger partial charge in [0.25, 0.3) is 0 Å². The van der Waals surface area contributed by atoms with E-state index in [1.165, 1.54) is 18.9 Å². The van der Waals surface area contributed by atoms with Gasteiger partial charge in [0.05, 0.1) is 6.54 Å². The highest BCUT2D eigenvalue weighted by Gasteiger charge is 2.20. The van der Waals surface area contributed by atoms with Crippen molar-refractivity contribution >= 4 is 11.6 Å². The Morgan fingerprint density at radius 1 is 1.47 bits per heavy atom. The molecule has 0 bridgehead atoms. The molecule has 0 aromatic heterocycles. The van der Waals surface area contributed by atoms with Gasteiger partial charge in [-0.1, -0.05) is 6.07 Å². The maximum atomic E-state index is 13.2. The number of hydrogen-bond acceptors (Lipinski definition) is 2. The highest BCUT2D eigenvalue weighted by Crippen LogP contribution is 2.27. The Morgan fingerprint density at radius 3 is 2.94 bits per heavy atom.